The van der Waals surface area contributed by atoms with E-state index in [1.807, 2.05) is 6.07 Å². The average Bonchev–Trinajstić information content (AvgIpc) is 2.26. The minimum Gasteiger partial charge on any atom is -0.462 e. The zero-order chi connectivity index (χ0) is 13.6. The lowest BCUT2D eigenvalue weighted by molar-refractivity contribution is -0.145. The second-order valence-electron chi connectivity index (χ2n) is 3.80. The maximum atomic E-state index is 11.3. The number of hydrogen-bond acceptors (Lipinski definition) is 4. The predicted octanol–water partition coefficient (Wildman–Crippen LogP) is 1.82. The van der Waals surface area contributed by atoms with Crippen LogP contribution in [-0.2, 0) is 21.3 Å². The first-order valence-electron chi connectivity index (χ1n) is 5.41. The molecule has 18 heavy (non-hydrogen) atoms. The number of para-hydroxylation sites is 1. The van der Waals surface area contributed by atoms with Crippen LogP contribution in [0.15, 0.2) is 30.3 Å². The number of carbonyl (C=O) groups is 1. The monoisotopic (exact) mass is 289 g/mol. The number of esters is 1. The largest absolute Gasteiger partial charge is 0.462 e. The van der Waals surface area contributed by atoms with Gasteiger partial charge < -0.3 is 14.2 Å². The molecule has 1 unspecified atom stereocenters. The van der Waals surface area contributed by atoms with Crippen molar-refractivity contribution in [3.63, 3.8) is 0 Å². The number of hydrogen-bond donors (Lipinski definition) is 2. The summed E-state index contributed by atoms with van der Waals surface area (Å²) < 4.78 is 10.1. The zero-order valence-corrected chi connectivity index (χ0v) is 11.9. The molecule has 100 valence electrons. The van der Waals surface area contributed by atoms with E-state index in [0.717, 1.165) is 0 Å². The first-order chi connectivity index (χ1) is 8.39. The Morgan fingerprint density at radius 1 is 1.44 bits per heavy atom. The highest BCUT2D eigenvalue weighted by molar-refractivity contribution is 8.08. The van der Waals surface area contributed by atoms with Crippen molar-refractivity contribution in [1.29, 1.82) is 0 Å². The van der Waals surface area contributed by atoms with Gasteiger partial charge in [-0.2, -0.15) is 0 Å². The van der Waals surface area contributed by atoms with Crippen molar-refractivity contribution >= 4 is 24.4 Å². The first-order valence-corrected chi connectivity index (χ1v) is 8.08. The van der Waals surface area contributed by atoms with Crippen molar-refractivity contribution in [3.05, 3.63) is 30.3 Å². The molecule has 0 bridgehead atoms. The third-order valence-corrected chi connectivity index (χ3v) is 3.39. The van der Waals surface area contributed by atoms with Crippen molar-refractivity contribution in [3.8, 4) is 5.75 Å². The van der Waals surface area contributed by atoms with Gasteiger partial charge in [-0.05, 0) is 37.8 Å². The molecule has 0 fully saturated rings. The molecule has 5 nitrogen and oxygen atoms in total. The minimum atomic E-state index is -3.23. The fourth-order valence-corrected chi connectivity index (χ4v) is 2.38. The van der Waals surface area contributed by atoms with Crippen LogP contribution in [0.5, 0.6) is 5.75 Å². The van der Waals surface area contributed by atoms with Gasteiger partial charge in [0.1, 0.15) is 12.3 Å². The molecule has 0 aliphatic heterocycles. The van der Waals surface area contributed by atoms with Crippen LogP contribution in [0, 0.1) is 0 Å². The third-order valence-electron chi connectivity index (χ3n) is 1.76. The molecule has 2 N–H and O–H groups in total. The molecule has 0 spiro atoms. The summed E-state index contributed by atoms with van der Waals surface area (Å²) in [5.74, 6) is -0.0296. The lowest BCUT2D eigenvalue weighted by atomic mass is 10.3. The van der Waals surface area contributed by atoms with Gasteiger partial charge >= 0.3 is 12.6 Å². The Bertz CT molecular complexity index is 438. The zero-order valence-electron chi connectivity index (χ0n) is 10.2. The van der Waals surface area contributed by atoms with Crippen molar-refractivity contribution in [2.45, 2.75) is 20.0 Å². The highest BCUT2D eigenvalue weighted by Gasteiger charge is 2.17. The summed E-state index contributed by atoms with van der Waals surface area (Å²) in [5, 5.41) is 2.50. The van der Waals surface area contributed by atoms with Gasteiger partial charge in [0.15, 0.2) is 0 Å². The van der Waals surface area contributed by atoms with Gasteiger partial charge in [-0.3, -0.25) is 4.79 Å². The standard InChI is InChI=1S/C11H16NO4PS/c1-9(2)15-11(13)8-12-17(14,18)16-10-6-4-3-5-7-10/h3-7,9H,8H2,1-2H3,(H2,12,14,18). The molecule has 0 aromatic heterocycles. The number of rotatable bonds is 6. The van der Waals surface area contributed by atoms with Crippen LogP contribution >= 0.6 is 6.64 Å². The fourth-order valence-electron chi connectivity index (χ4n) is 1.13. The van der Waals surface area contributed by atoms with Crippen LogP contribution in [0.25, 0.3) is 0 Å². The van der Waals surface area contributed by atoms with E-state index in [0.29, 0.717) is 5.75 Å². The van der Waals surface area contributed by atoms with E-state index in [4.69, 9.17) is 21.1 Å². The number of benzene rings is 1. The quantitative estimate of drug-likeness (QED) is 0.615. The molecule has 0 saturated heterocycles. The highest BCUT2D eigenvalue weighted by Crippen LogP contribution is 2.38. The molecule has 0 aliphatic rings. The van der Waals surface area contributed by atoms with Crippen molar-refractivity contribution in [1.82, 2.24) is 5.09 Å². The normalized spacial score (nSPS) is 14.0. The van der Waals surface area contributed by atoms with Gasteiger partial charge in [-0.15, -0.1) is 0 Å². The Kier molecular flexibility index (Phi) is 5.75. The van der Waals surface area contributed by atoms with Crippen LogP contribution in [0.1, 0.15) is 13.8 Å². The summed E-state index contributed by atoms with van der Waals surface area (Å²) in [5.41, 5.74) is 0. The van der Waals surface area contributed by atoms with Crippen LogP contribution in [0.2, 0.25) is 0 Å². The van der Waals surface area contributed by atoms with Crippen LogP contribution in [-0.4, -0.2) is 23.5 Å². The molecule has 0 amide bonds. The lowest BCUT2D eigenvalue weighted by Crippen LogP contribution is -2.25. The van der Waals surface area contributed by atoms with Gasteiger partial charge in [-0.25, -0.2) is 5.09 Å². The fraction of sp³-hybridized carbons (Fsp3) is 0.364. The van der Waals surface area contributed by atoms with Gasteiger partial charge in [0.05, 0.1) is 6.10 Å². The molecular formula is C11H16NO4PS. The van der Waals surface area contributed by atoms with Crippen molar-refractivity contribution in [2.75, 3.05) is 6.54 Å². The van der Waals surface area contributed by atoms with Crippen LogP contribution in [0.3, 0.4) is 0 Å². The Labute approximate surface area is 111 Å². The second kappa shape index (κ2) is 6.85. The summed E-state index contributed by atoms with van der Waals surface area (Å²) in [4.78, 5) is 21.1. The van der Waals surface area contributed by atoms with Gasteiger partial charge in [0.2, 0.25) is 0 Å². The second-order valence-corrected chi connectivity index (χ2v) is 6.82. The van der Waals surface area contributed by atoms with E-state index in [1.54, 1.807) is 38.1 Å². The SMILES string of the molecule is CC(C)OC(=O)CNP(O)(=S)Oc1ccccc1. The number of nitrogens with one attached hydrogen (secondary N) is 1. The summed E-state index contributed by atoms with van der Waals surface area (Å²) in [6.45, 7) is 0.0759. The molecule has 0 aliphatic carbocycles. The molecule has 1 atom stereocenters. The molecule has 0 saturated carbocycles. The van der Waals surface area contributed by atoms with Crippen LogP contribution in [0.4, 0.5) is 0 Å². The molecular weight excluding hydrogens is 273 g/mol. The highest BCUT2D eigenvalue weighted by atomic mass is 32.5. The molecule has 1 rings (SSSR count). The molecule has 0 radical (unpaired) electrons. The van der Waals surface area contributed by atoms with E-state index in [-0.39, 0.29) is 12.6 Å². The van der Waals surface area contributed by atoms with Crippen molar-refractivity contribution in [2.24, 2.45) is 0 Å². The van der Waals surface area contributed by atoms with Gasteiger partial charge in [-0.1, -0.05) is 18.2 Å². The molecule has 0 heterocycles. The van der Waals surface area contributed by atoms with E-state index in [1.165, 1.54) is 0 Å². The average molecular weight is 289 g/mol. The summed E-state index contributed by atoms with van der Waals surface area (Å²) >= 11 is 4.88. The lowest BCUT2D eigenvalue weighted by Gasteiger charge is -2.17. The van der Waals surface area contributed by atoms with Crippen LogP contribution < -0.4 is 9.61 Å². The maximum Gasteiger partial charge on any atom is 0.320 e. The van der Waals surface area contributed by atoms with Crippen molar-refractivity contribution < 1.29 is 18.9 Å². The van der Waals surface area contributed by atoms with E-state index in [2.05, 4.69) is 5.09 Å². The number of ether oxygens (including phenoxy) is 1. The Hall–Kier alpha value is -0.940. The Morgan fingerprint density at radius 3 is 2.61 bits per heavy atom. The summed E-state index contributed by atoms with van der Waals surface area (Å²) in [7, 11) is 0. The van der Waals surface area contributed by atoms with E-state index >= 15 is 0 Å². The minimum absolute atomic E-state index is 0.182. The third kappa shape index (κ3) is 6.12. The summed E-state index contributed by atoms with van der Waals surface area (Å²) in [6, 6.07) is 8.69. The van der Waals surface area contributed by atoms with Gasteiger partial charge in [0.25, 0.3) is 0 Å². The maximum absolute atomic E-state index is 11.3. The topological polar surface area (TPSA) is 67.8 Å². The van der Waals surface area contributed by atoms with E-state index in [9.17, 15) is 9.69 Å². The molecule has 1 aromatic rings. The Morgan fingerprint density at radius 2 is 2.06 bits per heavy atom. The molecule has 7 heteroatoms. The Balaban J connectivity index is 2.45. The first kappa shape index (κ1) is 15.1. The van der Waals surface area contributed by atoms with E-state index < -0.39 is 12.6 Å². The molecule has 1 aromatic carbocycles. The smallest absolute Gasteiger partial charge is 0.320 e. The van der Waals surface area contributed by atoms with Gasteiger partial charge in [0, 0.05) is 0 Å². The number of carbonyl (C=O) groups excluding carboxylic acids is 1. The predicted molar refractivity (Wildman–Crippen MR) is 72.8 cm³/mol. The summed E-state index contributed by atoms with van der Waals surface area (Å²) in [6.07, 6.45) is -0.203.